The van der Waals surface area contributed by atoms with Crippen LogP contribution in [0.3, 0.4) is 0 Å². The van der Waals surface area contributed by atoms with Crippen LogP contribution in [0.25, 0.3) is 0 Å². The molecule has 172 valence electrons. The average Bonchev–Trinajstić information content (AvgIpc) is 2.87. The number of carbonyl (C=O) groups is 1. The normalized spacial score (nSPS) is 19.2. The highest BCUT2D eigenvalue weighted by atomic mass is 16.5. The lowest BCUT2D eigenvalue weighted by molar-refractivity contribution is -0.137. The van der Waals surface area contributed by atoms with E-state index in [4.69, 9.17) is 9.47 Å². The molecule has 1 atom stereocenters. The molecule has 2 fully saturated rings. The van der Waals surface area contributed by atoms with Gasteiger partial charge in [-0.25, -0.2) is 4.98 Å². The first-order chi connectivity index (χ1) is 15.7. The smallest absolute Gasteiger partial charge is 0.260 e. The summed E-state index contributed by atoms with van der Waals surface area (Å²) >= 11 is 0. The zero-order chi connectivity index (χ0) is 22.2. The minimum Gasteiger partial charge on any atom is -0.466 e. The molecule has 4 rings (SSSR count). The number of carbonyl (C=O) groups excluding carboxylic acids is 1. The first-order valence-corrected chi connectivity index (χ1v) is 11.4. The molecule has 9 nitrogen and oxygen atoms in total. The summed E-state index contributed by atoms with van der Waals surface area (Å²) in [7, 11) is 1.70. The number of pyridine rings is 1. The van der Waals surface area contributed by atoms with Crippen LogP contribution in [-0.2, 0) is 9.53 Å². The van der Waals surface area contributed by atoms with Gasteiger partial charge in [0.05, 0.1) is 0 Å². The van der Waals surface area contributed by atoms with Crippen molar-refractivity contribution in [2.45, 2.75) is 31.7 Å². The van der Waals surface area contributed by atoms with E-state index in [1.165, 1.54) is 0 Å². The molecule has 2 aromatic rings. The largest absolute Gasteiger partial charge is 0.466 e. The van der Waals surface area contributed by atoms with Gasteiger partial charge in [-0.15, -0.1) is 10.2 Å². The molecule has 32 heavy (non-hydrogen) atoms. The van der Waals surface area contributed by atoms with Crippen LogP contribution in [0.15, 0.2) is 36.5 Å². The molecule has 4 heterocycles. The third-order valence-electron chi connectivity index (χ3n) is 6.15. The van der Waals surface area contributed by atoms with Crippen molar-refractivity contribution in [2.24, 2.45) is 0 Å². The zero-order valence-corrected chi connectivity index (χ0v) is 18.7. The number of methoxy groups -OCH3 is 1. The fourth-order valence-electron chi connectivity index (χ4n) is 4.37. The van der Waals surface area contributed by atoms with Crippen molar-refractivity contribution >= 4 is 17.5 Å². The second kappa shape index (κ2) is 11.1. The van der Waals surface area contributed by atoms with Crippen molar-refractivity contribution < 1.29 is 14.3 Å². The van der Waals surface area contributed by atoms with Crippen LogP contribution in [0.4, 0.5) is 11.6 Å². The van der Waals surface area contributed by atoms with Crippen molar-refractivity contribution in [3.63, 3.8) is 0 Å². The molecular weight excluding hydrogens is 408 g/mol. The summed E-state index contributed by atoms with van der Waals surface area (Å²) in [6.45, 7) is 4.89. The van der Waals surface area contributed by atoms with Gasteiger partial charge in [0.25, 0.3) is 5.91 Å². The number of nitrogens with zero attached hydrogens (tertiary/aromatic N) is 6. The van der Waals surface area contributed by atoms with Crippen molar-refractivity contribution in [1.82, 2.24) is 20.1 Å². The number of ether oxygens (including phenoxy) is 2. The van der Waals surface area contributed by atoms with Gasteiger partial charge < -0.3 is 24.2 Å². The van der Waals surface area contributed by atoms with E-state index in [2.05, 4.69) is 25.0 Å². The fourth-order valence-corrected chi connectivity index (χ4v) is 4.37. The Kier molecular flexibility index (Phi) is 7.71. The molecule has 2 aliphatic heterocycles. The zero-order valence-electron chi connectivity index (χ0n) is 18.7. The van der Waals surface area contributed by atoms with Gasteiger partial charge in [0.15, 0.2) is 12.4 Å². The number of hydrogen-bond donors (Lipinski definition) is 0. The van der Waals surface area contributed by atoms with Gasteiger partial charge in [0.2, 0.25) is 5.88 Å². The highest BCUT2D eigenvalue weighted by molar-refractivity contribution is 5.78. The predicted octanol–water partition coefficient (Wildman–Crippen LogP) is 1.99. The summed E-state index contributed by atoms with van der Waals surface area (Å²) < 4.78 is 10.9. The van der Waals surface area contributed by atoms with E-state index < -0.39 is 0 Å². The third kappa shape index (κ3) is 5.64. The summed E-state index contributed by atoms with van der Waals surface area (Å²) in [5.41, 5.74) is 0. The molecule has 0 radical (unpaired) electrons. The molecule has 1 amide bonds. The van der Waals surface area contributed by atoms with Crippen molar-refractivity contribution in [3.8, 4) is 5.88 Å². The van der Waals surface area contributed by atoms with Crippen LogP contribution >= 0.6 is 0 Å². The molecule has 0 saturated carbocycles. The van der Waals surface area contributed by atoms with Crippen LogP contribution in [0.5, 0.6) is 5.88 Å². The quantitative estimate of drug-likeness (QED) is 0.616. The van der Waals surface area contributed by atoms with E-state index in [1.807, 2.05) is 35.4 Å². The first-order valence-electron chi connectivity index (χ1n) is 11.4. The molecule has 9 heteroatoms. The molecule has 0 N–H and O–H groups in total. The summed E-state index contributed by atoms with van der Waals surface area (Å²) in [5.74, 6) is 2.20. The number of likely N-dealkylation sites (tertiary alicyclic amines) is 1. The Morgan fingerprint density at radius 1 is 1.00 bits per heavy atom. The van der Waals surface area contributed by atoms with Crippen molar-refractivity contribution in [3.05, 3.63) is 36.5 Å². The van der Waals surface area contributed by atoms with Crippen LogP contribution in [0, 0.1) is 0 Å². The van der Waals surface area contributed by atoms with Crippen molar-refractivity contribution in [1.29, 1.82) is 0 Å². The lowest BCUT2D eigenvalue weighted by Gasteiger charge is -2.36. The Bertz CT molecular complexity index is 843. The molecule has 0 bridgehead atoms. The molecule has 0 aromatic carbocycles. The molecule has 2 aliphatic rings. The molecule has 2 saturated heterocycles. The van der Waals surface area contributed by atoms with E-state index >= 15 is 0 Å². The third-order valence-corrected chi connectivity index (χ3v) is 6.15. The number of anilines is 2. The van der Waals surface area contributed by atoms with Crippen LogP contribution < -0.4 is 14.5 Å². The summed E-state index contributed by atoms with van der Waals surface area (Å²) in [6.07, 6.45) is 5.91. The highest BCUT2D eigenvalue weighted by Gasteiger charge is 2.26. The first kappa shape index (κ1) is 22.3. The Balaban J connectivity index is 1.25. The fraction of sp³-hybridized carbons (Fsp3) is 0.565. The predicted molar refractivity (Wildman–Crippen MR) is 122 cm³/mol. The van der Waals surface area contributed by atoms with E-state index in [9.17, 15) is 4.79 Å². The lowest BCUT2D eigenvalue weighted by Crippen LogP contribution is -2.47. The standard InChI is InChI=1S/C23H32N6O3/c1-31-17-10-19-6-3-5-12-29(19)23(30)18-32-22-9-8-21(25-26-22)28-15-13-27(14-16-28)20-7-2-4-11-24-20/h2,4,7-9,11,19H,3,5-6,10,12-18H2,1H3. The number of hydrogen-bond acceptors (Lipinski definition) is 8. The number of rotatable bonds is 8. The molecular formula is C23H32N6O3. The Hall–Kier alpha value is -2.94. The summed E-state index contributed by atoms with van der Waals surface area (Å²) in [6, 6.07) is 9.91. The highest BCUT2D eigenvalue weighted by Crippen LogP contribution is 2.21. The molecule has 0 spiro atoms. The van der Waals surface area contributed by atoms with Crippen LogP contribution in [-0.4, -0.2) is 85.1 Å². The monoisotopic (exact) mass is 440 g/mol. The van der Waals surface area contributed by atoms with Gasteiger partial charge in [-0.1, -0.05) is 6.07 Å². The number of piperazine rings is 1. The second-order valence-corrected chi connectivity index (χ2v) is 8.20. The van der Waals surface area contributed by atoms with Gasteiger partial charge in [-0.3, -0.25) is 4.79 Å². The number of piperidine rings is 1. The lowest BCUT2D eigenvalue weighted by atomic mass is 9.99. The minimum absolute atomic E-state index is 0.00215. The van der Waals surface area contributed by atoms with E-state index in [0.29, 0.717) is 12.5 Å². The Labute approximate surface area is 189 Å². The Morgan fingerprint density at radius 3 is 2.50 bits per heavy atom. The SMILES string of the molecule is COCCC1CCCCN1C(=O)COc1ccc(N2CCN(c3ccccn3)CC2)nn1. The van der Waals surface area contributed by atoms with Gasteiger partial charge in [-0.05, 0) is 43.9 Å². The maximum atomic E-state index is 12.7. The molecule has 2 aromatic heterocycles. The molecule has 1 unspecified atom stereocenters. The Morgan fingerprint density at radius 2 is 1.81 bits per heavy atom. The maximum absolute atomic E-state index is 12.7. The average molecular weight is 441 g/mol. The maximum Gasteiger partial charge on any atom is 0.260 e. The van der Waals surface area contributed by atoms with Gasteiger partial charge >= 0.3 is 0 Å². The van der Waals surface area contributed by atoms with Crippen molar-refractivity contribution in [2.75, 3.05) is 62.8 Å². The minimum atomic E-state index is -0.0136. The van der Waals surface area contributed by atoms with E-state index in [1.54, 1.807) is 13.2 Å². The number of amides is 1. The second-order valence-electron chi connectivity index (χ2n) is 8.20. The van der Waals surface area contributed by atoms with Gasteiger partial charge in [-0.2, -0.15) is 0 Å². The van der Waals surface area contributed by atoms with E-state index in [-0.39, 0.29) is 18.6 Å². The van der Waals surface area contributed by atoms with Crippen LogP contribution in [0.1, 0.15) is 25.7 Å². The van der Waals surface area contributed by atoms with Gasteiger partial charge in [0, 0.05) is 64.7 Å². The van der Waals surface area contributed by atoms with E-state index in [0.717, 1.165) is 70.0 Å². The summed E-state index contributed by atoms with van der Waals surface area (Å²) in [4.78, 5) is 23.5. The topological polar surface area (TPSA) is 83.9 Å². The van der Waals surface area contributed by atoms with Crippen LogP contribution in [0.2, 0.25) is 0 Å². The van der Waals surface area contributed by atoms with Gasteiger partial charge in [0.1, 0.15) is 5.82 Å². The molecule has 0 aliphatic carbocycles. The number of aromatic nitrogens is 3. The summed E-state index contributed by atoms with van der Waals surface area (Å²) in [5, 5.41) is 8.51.